The summed E-state index contributed by atoms with van der Waals surface area (Å²) in [5.74, 6) is 0.185. The van der Waals surface area contributed by atoms with Crippen LogP contribution in [0.4, 0.5) is 0 Å². The Morgan fingerprint density at radius 1 is 1.22 bits per heavy atom. The van der Waals surface area contributed by atoms with E-state index in [1.54, 1.807) is 0 Å². The third kappa shape index (κ3) is 4.12. The fourth-order valence-electron chi connectivity index (χ4n) is 3.67. The zero-order chi connectivity index (χ0) is 16.2. The van der Waals surface area contributed by atoms with Gasteiger partial charge in [-0.3, -0.25) is 14.4 Å². The van der Waals surface area contributed by atoms with Crippen molar-refractivity contribution in [3.63, 3.8) is 0 Å². The number of ether oxygens (including phenoxy) is 1. The highest BCUT2D eigenvalue weighted by Gasteiger charge is 2.25. The molecule has 0 aromatic carbocycles. The molecule has 0 saturated carbocycles. The second kappa shape index (κ2) is 7.45. The van der Waals surface area contributed by atoms with Gasteiger partial charge in [0.25, 0.3) is 0 Å². The van der Waals surface area contributed by atoms with Crippen molar-refractivity contribution in [1.29, 1.82) is 0 Å². The van der Waals surface area contributed by atoms with Crippen molar-refractivity contribution < 1.29 is 9.53 Å². The van der Waals surface area contributed by atoms with Gasteiger partial charge >= 0.3 is 0 Å². The Morgan fingerprint density at radius 2 is 2.00 bits per heavy atom. The van der Waals surface area contributed by atoms with Gasteiger partial charge in [-0.05, 0) is 39.2 Å². The Balaban J connectivity index is 1.54. The highest BCUT2D eigenvalue weighted by molar-refractivity contribution is 5.76. The normalized spacial score (nSPS) is 21.4. The summed E-state index contributed by atoms with van der Waals surface area (Å²) in [5, 5.41) is 4.40. The summed E-state index contributed by atoms with van der Waals surface area (Å²) in [6, 6.07) is 2.65. The number of hydrogen-bond donors (Lipinski definition) is 0. The largest absolute Gasteiger partial charge is 0.381 e. The highest BCUT2D eigenvalue weighted by Crippen LogP contribution is 2.17. The maximum Gasteiger partial charge on any atom is 0.244 e. The number of amides is 1. The molecule has 1 aromatic heterocycles. The number of aromatic nitrogens is 2. The summed E-state index contributed by atoms with van der Waals surface area (Å²) in [4.78, 5) is 17.2. The minimum atomic E-state index is 0.185. The van der Waals surface area contributed by atoms with Crippen LogP contribution in [0.1, 0.15) is 30.7 Å². The van der Waals surface area contributed by atoms with E-state index in [1.165, 1.54) is 0 Å². The van der Waals surface area contributed by atoms with Crippen molar-refractivity contribution in [2.24, 2.45) is 0 Å². The van der Waals surface area contributed by atoms with E-state index < -0.39 is 0 Å². The molecule has 2 fully saturated rings. The van der Waals surface area contributed by atoms with Gasteiger partial charge in [0.2, 0.25) is 5.91 Å². The molecule has 128 valence electrons. The van der Waals surface area contributed by atoms with Gasteiger partial charge < -0.3 is 9.64 Å². The van der Waals surface area contributed by atoms with Crippen LogP contribution in [-0.2, 0) is 16.1 Å². The summed E-state index contributed by atoms with van der Waals surface area (Å²) in [5.41, 5.74) is 2.02. The minimum absolute atomic E-state index is 0.185. The second-order valence-corrected chi connectivity index (χ2v) is 6.70. The lowest BCUT2D eigenvalue weighted by Gasteiger charge is -2.33. The van der Waals surface area contributed by atoms with Crippen molar-refractivity contribution in [2.75, 3.05) is 39.4 Å². The van der Waals surface area contributed by atoms with Gasteiger partial charge in [0.1, 0.15) is 6.54 Å². The molecule has 2 aliphatic heterocycles. The topological polar surface area (TPSA) is 50.6 Å². The first-order valence-electron chi connectivity index (χ1n) is 8.74. The van der Waals surface area contributed by atoms with Crippen molar-refractivity contribution in [3.05, 3.63) is 17.5 Å². The van der Waals surface area contributed by atoms with E-state index in [9.17, 15) is 4.79 Å². The van der Waals surface area contributed by atoms with Crippen molar-refractivity contribution in [3.8, 4) is 0 Å². The average molecular weight is 320 g/mol. The van der Waals surface area contributed by atoms with Gasteiger partial charge in [-0.1, -0.05) is 0 Å². The van der Waals surface area contributed by atoms with Gasteiger partial charge in [-0.15, -0.1) is 0 Å². The van der Waals surface area contributed by atoms with Crippen LogP contribution in [0.3, 0.4) is 0 Å². The van der Waals surface area contributed by atoms with Gasteiger partial charge in [0.05, 0.1) is 5.69 Å². The molecule has 0 aliphatic carbocycles. The molecule has 6 nitrogen and oxygen atoms in total. The smallest absolute Gasteiger partial charge is 0.244 e. The molecule has 3 rings (SSSR count). The Labute approximate surface area is 138 Å². The zero-order valence-corrected chi connectivity index (χ0v) is 14.3. The molecular formula is C17H28N4O2. The summed E-state index contributed by atoms with van der Waals surface area (Å²) in [6.07, 6.45) is 3.31. The number of carbonyl (C=O) groups excluding carboxylic acids is 1. The molecule has 1 amide bonds. The first kappa shape index (κ1) is 16.5. The van der Waals surface area contributed by atoms with Crippen molar-refractivity contribution in [2.45, 2.75) is 45.7 Å². The standard InChI is InChI=1S/C17H28N4O2/c1-14-12-15(2)21(18-14)13-17(22)20-7-3-6-19(8-9-20)16-4-10-23-11-5-16/h12,16H,3-11,13H2,1-2H3. The molecule has 0 spiro atoms. The lowest BCUT2D eigenvalue weighted by atomic mass is 10.1. The van der Waals surface area contributed by atoms with Crippen LogP contribution >= 0.6 is 0 Å². The third-order valence-corrected chi connectivity index (χ3v) is 4.98. The summed E-state index contributed by atoms with van der Waals surface area (Å²) in [7, 11) is 0. The Kier molecular flexibility index (Phi) is 5.33. The van der Waals surface area contributed by atoms with E-state index in [-0.39, 0.29) is 5.91 Å². The number of hydrogen-bond acceptors (Lipinski definition) is 4. The van der Waals surface area contributed by atoms with Crippen LogP contribution in [0.15, 0.2) is 6.07 Å². The van der Waals surface area contributed by atoms with E-state index in [4.69, 9.17) is 4.74 Å². The lowest BCUT2D eigenvalue weighted by molar-refractivity contribution is -0.132. The first-order valence-corrected chi connectivity index (χ1v) is 8.74. The predicted molar refractivity (Wildman–Crippen MR) is 88.3 cm³/mol. The minimum Gasteiger partial charge on any atom is -0.381 e. The van der Waals surface area contributed by atoms with Crippen molar-refractivity contribution >= 4 is 5.91 Å². The van der Waals surface area contributed by atoms with Crippen LogP contribution < -0.4 is 0 Å². The first-order chi connectivity index (χ1) is 11.1. The molecule has 0 unspecified atom stereocenters. The van der Waals surface area contributed by atoms with E-state index in [2.05, 4.69) is 10.00 Å². The molecule has 3 heterocycles. The number of aryl methyl sites for hydroxylation is 2. The fourth-order valence-corrected chi connectivity index (χ4v) is 3.67. The molecule has 1 aromatic rings. The Hall–Kier alpha value is -1.40. The Morgan fingerprint density at radius 3 is 2.70 bits per heavy atom. The maximum atomic E-state index is 12.6. The molecule has 0 N–H and O–H groups in total. The number of rotatable bonds is 3. The molecular weight excluding hydrogens is 292 g/mol. The van der Waals surface area contributed by atoms with E-state index >= 15 is 0 Å². The number of nitrogens with zero attached hydrogens (tertiary/aromatic N) is 4. The summed E-state index contributed by atoms with van der Waals surface area (Å²) in [6.45, 7) is 9.84. The Bertz CT molecular complexity index is 537. The SMILES string of the molecule is Cc1cc(C)n(CC(=O)N2CCCN(C3CCOCC3)CC2)n1. The molecule has 23 heavy (non-hydrogen) atoms. The molecule has 0 atom stereocenters. The maximum absolute atomic E-state index is 12.6. The molecule has 0 bridgehead atoms. The average Bonchev–Trinajstić information content (AvgIpc) is 2.76. The molecule has 2 saturated heterocycles. The van der Waals surface area contributed by atoms with E-state index in [1.807, 2.05) is 29.5 Å². The van der Waals surface area contributed by atoms with E-state index in [0.29, 0.717) is 12.6 Å². The zero-order valence-electron chi connectivity index (χ0n) is 14.3. The quantitative estimate of drug-likeness (QED) is 0.840. The van der Waals surface area contributed by atoms with Crippen LogP contribution in [0.25, 0.3) is 0 Å². The van der Waals surface area contributed by atoms with Gasteiger partial charge in [0, 0.05) is 51.1 Å². The monoisotopic (exact) mass is 320 g/mol. The van der Waals surface area contributed by atoms with Crippen molar-refractivity contribution in [1.82, 2.24) is 19.6 Å². The lowest BCUT2D eigenvalue weighted by Crippen LogP contribution is -2.42. The van der Waals surface area contributed by atoms with Gasteiger partial charge in [-0.2, -0.15) is 5.10 Å². The van der Waals surface area contributed by atoms with Gasteiger partial charge in [0.15, 0.2) is 0 Å². The molecule has 0 radical (unpaired) electrons. The van der Waals surface area contributed by atoms with Gasteiger partial charge in [-0.25, -0.2) is 0 Å². The summed E-state index contributed by atoms with van der Waals surface area (Å²) < 4.78 is 7.28. The predicted octanol–water partition coefficient (Wildman–Crippen LogP) is 1.21. The van der Waals surface area contributed by atoms with Crippen LogP contribution in [0, 0.1) is 13.8 Å². The van der Waals surface area contributed by atoms with Crippen LogP contribution in [0.5, 0.6) is 0 Å². The highest BCUT2D eigenvalue weighted by atomic mass is 16.5. The van der Waals surface area contributed by atoms with Crippen LogP contribution in [0.2, 0.25) is 0 Å². The molecule has 2 aliphatic rings. The molecule has 6 heteroatoms. The van der Waals surface area contributed by atoms with Crippen LogP contribution in [-0.4, -0.2) is 70.9 Å². The number of carbonyl (C=O) groups is 1. The third-order valence-electron chi connectivity index (χ3n) is 4.98. The van der Waals surface area contributed by atoms with E-state index in [0.717, 1.165) is 70.0 Å². The second-order valence-electron chi connectivity index (χ2n) is 6.70. The summed E-state index contributed by atoms with van der Waals surface area (Å²) >= 11 is 0. The fraction of sp³-hybridized carbons (Fsp3) is 0.765.